The van der Waals surface area contributed by atoms with Gasteiger partial charge in [0, 0.05) is 23.8 Å². The number of nitrogens with one attached hydrogen (secondary N) is 1. The van der Waals surface area contributed by atoms with E-state index in [4.69, 9.17) is 5.11 Å². The molecule has 1 atom stereocenters. The molecule has 0 aliphatic carbocycles. The number of carbonyl (C=O) groups excluding carboxylic acids is 1. The van der Waals surface area contributed by atoms with Crippen LogP contribution >= 0.6 is 0 Å². The Kier molecular flexibility index (Phi) is 5.84. The minimum Gasteiger partial charge on any atom is -0.396 e. The van der Waals surface area contributed by atoms with E-state index in [1.807, 2.05) is 6.92 Å². The maximum Gasteiger partial charge on any atom is 0.275 e. The molecule has 0 saturated carbocycles. The lowest BCUT2D eigenvalue weighted by atomic mass is 9.96. The number of carbonyl (C=O) groups is 1. The molecule has 0 spiro atoms. The minimum atomic E-state index is -0.448. The number of nitrogens with zero attached hydrogens (tertiary/aromatic N) is 1. The van der Waals surface area contributed by atoms with E-state index >= 15 is 0 Å². The number of aliphatic hydroxyl groups is 1. The van der Waals surface area contributed by atoms with Crippen molar-refractivity contribution < 1.29 is 14.8 Å². The summed E-state index contributed by atoms with van der Waals surface area (Å²) in [5.74, 6) is -0.307. The molecule has 2 N–H and O–H groups in total. The first-order valence-electron chi connectivity index (χ1n) is 6.96. The van der Waals surface area contributed by atoms with Crippen LogP contribution in [0, 0.1) is 30.9 Å². The summed E-state index contributed by atoms with van der Waals surface area (Å²) < 4.78 is 0. The molecule has 1 aromatic carbocycles. The van der Waals surface area contributed by atoms with Gasteiger partial charge in [0.05, 0.1) is 10.5 Å². The normalized spacial score (nSPS) is 12.0. The highest BCUT2D eigenvalue weighted by atomic mass is 16.6. The van der Waals surface area contributed by atoms with Gasteiger partial charge >= 0.3 is 0 Å². The number of aryl methyl sites for hydroxylation is 2. The largest absolute Gasteiger partial charge is 0.396 e. The Morgan fingerprint density at radius 2 is 2.00 bits per heavy atom. The number of benzene rings is 1. The molecule has 116 valence electrons. The van der Waals surface area contributed by atoms with Crippen LogP contribution in [0.2, 0.25) is 0 Å². The molecule has 0 saturated heterocycles. The monoisotopic (exact) mass is 294 g/mol. The first-order valence-corrected chi connectivity index (χ1v) is 6.96. The summed E-state index contributed by atoms with van der Waals surface area (Å²) in [6.07, 6.45) is 1.27. The summed E-state index contributed by atoms with van der Waals surface area (Å²) in [4.78, 5) is 23.0. The van der Waals surface area contributed by atoms with Gasteiger partial charge in [-0.1, -0.05) is 0 Å². The Bertz CT molecular complexity index is 555. The number of nitro benzene ring substituents is 1. The van der Waals surface area contributed by atoms with Crippen LogP contribution in [0.15, 0.2) is 6.07 Å². The van der Waals surface area contributed by atoms with Crippen molar-refractivity contribution in [3.8, 4) is 0 Å². The average Bonchev–Trinajstić information content (AvgIpc) is 2.34. The Balaban J connectivity index is 3.10. The average molecular weight is 294 g/mol. The topological polar surface area (TPSA) is 92.5 Å². The van der Waals surface area contributed by atoms with Crippen LogP contribution in [0.1, 0.15) is 46.8 Å². The zero-order valence-corrected chi connectivity index (χ0v) is 12.9. The Hall–Kier alpha value is -1.95. The molecule has 0 aliphatic rings. The lowest BCUT2D eigenvalue weighted by Gasteiger charge is -2.16. The highest BCUT2D eigenvalue weighted by molar-refractivity contribution is 5.98. The van der Waals surface area contributed by atoms with Crippen molar-refractivity contribution in [1.29, 1.82) is 0 Å². The van der Waals surface area contributed by atoms with E-state index in [9.17, 15) is 14.9 Å². The summed E-state index contributed by atoms with van der Waals surface area (Å²) >= 11 is 0. The van der Waals surface area contributed by atoms with Gasteiger partial charge in [0.15, 0.2) is 0 Å². The van der Waals surface area contributed by atoms with Crippen molar-refractivity contribution in [3.63, 3.8) is 0 Å². The molecule has 0 bridgehead atoms. The van der Waals surface area contributed by atoms with Gasteiger partial charge in [0.25, 0.3) is 11.6 Å². The van der Waals surface area contributed by atoms with Crippen molar-refractivity contribution in [1.82, 2.24) is 5.32 Å². The predicted molar refractivity (Wildman–Crippen MR) is 80.6 cm³/mol. The van der Waals surface area contributed by atoms with Gasteiger partial charge in [-0.2, -0.15) is 0 Å². The second-order valence-corrected chi connectivity index (χ2v) is 5.36. The number of hydrogen-bond acceptors (Lipinski definition) is 4. The van der Waals surface area contributed by atoms with Crippen LogP contribution in [0.4, 0.5) is 5.69 Å². The third-order valence-corrected chi connectivity index (χ3v) is 3.51. The summed E-state index contributed by atoms with van der Waals surface area (Å²) in [6, 6.07) is 1.57. The summed E-state index contributed by atoms with van der Waals surface area (Å²) in [5.41, 5.74) is 2.03. The summed E-state index contributed by atoms with van der Waals surface area (Å²) in [5, 5.41) is 22.8. The summed E-state index contributed by atoms with van der Waals surface area (Å²) in [6.45, 7) is 6.97. The number of nitro groups is 1. The van der Waals surface area contributed by atoms with E-state index in [1.54, 1.807) is 26.8 Å². The second kappa shape index (κ2) is 7.17. The molecule has 0 fully saturated rings. The zero-order valence-electron chi connectivity index (χ0n) is 12.9. The van der Waals surface area contributed by atoms with Gasteiger partial charge in [-0.05, 0) is 52.2 Å². The highest BCUT2D eigenvalue weighted by Crippen LogP contribution is 2.28. The molecule has 21 heavy (non-hydrogen) atoms. The molecular formula is C15H22N2O4. The number of aliphatic hydroxyl groups excluding tert-OH is 1. The molecule has 1 rings (SSSR count). The van der Waals surface area contributed by atoms with Gasteiger partial charge in [-0.3, -0.25) is 14.9 Å². The van der Waals surface area contributed by atoms with Crippen LogP contribution in [0.3, 0.4) is 0 Å². The van der Waals surface area contributed by atoms with Crippen molar-refractivity contribution in [3.05, 3.63) is 38.4 Å². The fraction of sp³-hybridized carbons (Fsp3) is 0.533. The maximum absolute atomic E-state index is 12.3. The first kappa shape index (κ1) is 17.1. The second-order valence-electron chi connectivity index (χ2n) is 5.36. The molecule has 0 heterocycles. The number of hydrogen-bond donors (Lipinski definition) is 2. The molecular weight excluding hydrogens is 272 g/mol. The molecule has 0 aliphatic heterocycles. The fourth-order valence-corrected chi connectivity index (χ4v) is 2.57. The lowest BCUT2D eigenvalue weighted by Crippen LogP contribution is -2.33. The van der Waals surface area contributed by atoms with Crippen molar-refractivity contribution in [2.75, 3.05) is 6.61 Å². The van der Waals surface area contributed by atoms with Gasteiger partial charge < -0.3 is 10.4 Å². The standard InChI is InChI=1S/C15H22N2O4/c1-9-8-10(2)14(17(20)21)12(4)13(9)15(19)16-11(3)6-5-7-18/h8,11,18H,5-7H2,1-4H3,(H,16,19). The first-order chi connectivity index (χ1) is 9.79. The van der Waals surface area contributed by atoms with Crippen LogP contribution < -0.4 is 5.32 Å². The third kappa shape index (κ3) is 4.01. The van der Waals surface area contributed by atoms with E-state index in [1.165, 1.54) is 0 Å². The molecule has 0 radical (unpaired) electrons. The fourth-order valence-electron chi connectivity index (χ4n) is 2.57. The molecule has 1 amide bonds. The highest BCUT2D eigenvalue weighted by Gasteiger charge is 2.24. The molecule has 1 unspecified atom stereocenters. The Morgan fingerprint density at radius 3 is 2.52 bits per heavy atom. The van der Waals surface area contributed by atoms with Crippen molar-refractivity contribution in [2.45, 2.75) is 46.6 Å². The molecule has 6 nitrogen and oxygen atoms in total. The van der Waals surface area contributed by atoms with Crippen LogP contribution in [0.5, 0.6) is 0 Å². The van der Waals surface area contributed by atoms with Gasteiger partial charge in [0.1, 0.15) is 0 Å². The van der Waals surface area contributed by atoms with E-state index in [0.29, 0.717) is 29.5 Å². The number of amides is 1. The van der Waals surface area contributed by atoms with Crippen LogP contribution in [-0.2, 0) is 0 Å². The minimum absolute atomic E-state index is 0.00578. The molecule has 1 aromatic rings. The lowest BCUT2D eigenvalue weighted by molar-refractivity contribution is -0.386. The van der Waals surface area contributed by atoms with E-state index < -0.39 is 4.92 Å². The Morgan fingerprint density at radius 1 is 1.38 bits per heavy atom. The van der Waals surface area contributed by atoms with Crippen molar-refractivity contribution >= 4 is 11.6 Å². The van der Waals surface area contributed by atoms with E-state index in [0.717, 1.165) is 5.56 Å². The van der Waals surface area contributed by atoms with Crippen LogP contribution in [-0.4, -0.2) is 28.6 Å². The van der Waals surface area contributed by atoms with Gasteiger partial charge in [-0.15, -0.1) is 0 Å². The zero-order chi connectivity index (χ0) is 16.2. The van der Waals surface area contributed by atoms with E-state index in [2.05, 4.69) is 5.32 Å². The molecule has 0 aromatic heterocycles. The number of rotatable bonds is 6. The summed E-state index contributed by atoms with van der Waals surface area (Å²) in [7, 11) is 0. The van der Waals surface area contributed by atoms with Crippen LogP contribution in [0.25, 0.3) is 0 Å². The third-order valence-electron chi connectivity index (χ3n) is 3.51. The quantitative estimate of drug-likeness (QED) is 0.622. The molecule has 6 heteroatoms. The maximum atomic E-state index is 12.3. The van der Waals surface area contributed by atoms with Gasteiger partial charge in [0.2, 0.25) is 0 Å². The van der Waals surface area contributed by atoms with E-state index in [-0.39, 0.29) is 24.2 Å². The SMILES string of the molecule is Cc1cc(C)c([N+](=O)[O-])c(C)c1C(=O)NC(C)CCCO. The van der Waals surface area contributed by atoms with Gasteiger partial charge in [-0.25, -0.2) is 0 Å². The smallest absolute Gasteiger partial charge is 0.275 e. The predicted octanol–water partition coefficient (Wildman–Crippen LogP) is 2.41. The Labute approximate surface area is 124 Å². The van der Waals surface area contributed by atoms with Crippen molar-refractivity contribution in [2.24, 2.45) is 0 Å².